The van der Waals surface area contributed by atoms with Gasteiger partial charge in [-0.25, -0.2) is 8.42 Å². The molecule has 19 heavy (non-hydrogen) atoms. The monoisotopic (exact) mass is 303 g/mol. The molecule has 0 radical (unpaired) electrons. The minimum absolute atomic E-state index is 0.176. The predicted molar refractivity (Wildman–Crippen MR) is 78.6 cm³/mol. The third kappa shape index (κ3) is 5.42. The molecule has 1 rings (SSSR count). The fraction of sp³-hybridized carbons (Fsp3) is 0.538. The standard InChI is InChI=1S/C13H21NO3S2/c1-4-9-14-11(2)10-18(15)12-5-7-13(8-6-12)19(3,16)17/h5-8,11,14H,4,9-10H2,1-3H3. The van der Waals surface area contributed by atoms with Crippen LogP contribution in [0.2, 0.25) is 0 Å². The van der Waals surface area contributed by atoms with E-state index in [9.17, 15) is 12.6 Å². The maximum atomic E-state index is 12.1. The van der Waals surface area contributed by atoms with Crippen LogP contribution in [0, 0.1) is 0 Å². The van der Waals surface area contributed by atoms with Gasteiger partial charge < -0.3 is 5.32 Å². The van der Waals surface area contributed by atoms with E-state index in [4.69, 9.17) is 0 Å². The van der Waals surface area contributed by atoms with Crippen LogP contribution in [0.3, 0.4) is 0 Å². The minimum Gasteiger partial charge on any atom is -0.313 e. The van der Waals surface area contributed by atoms with Gasteiger partial charge in [0, 0.05) is 22.9 Å². The van der Waals surface area contributed by atoms with Gasteiger partial charge in [0.05, 0.1) is 15.7 Å². The molecule has 0 spiro atoms. The molecule has 1 N–H and O–H groups in total. The minimum atomic E-state index is -3.19. The molecule has 108 valence electrons. The molecule has 6 heteroatoms. The van der Waals surface area contributed by atoms with Gasteiger partial charge in [-0.15, -0.1) is 0 Å². The second-order valence-electron chi connectivity index (χ2n) is 4.61. The summed E-state index contributed by atoms with van der Waals surface area (Å²) in [5.74, 6) is 0.526. The Morgan fingerprint density at radius 3 is 2.32 bits per heavy atom. The van der Waals surface area contributed by atoms with Crippen LogP contribution < -0.4 is 5.32 Å². The number of hydrogen-bond acceptors (Lipinski definition) is 4. The van der Waals surface area contributed by atoms with Crippen molar-refractivity contribution in [1.29, 1.82) is 0 Å². The fourth-order valence-corrected chi connectivity index (χ4v) is 3.45. The number of sulfone groups is 1. The van der Waals surface area contributed by atoms with Crippen molar-refractivity contribution in [3.63, 3.8) is 0 Å². The van der Waals surface area contributed by atoms with E-state index in [1.54, 1.807) is 12.1 Å². The average molecular weight is 303 g/mol. The highest BCUT2D eigenvalue weighted by molar-refractivity contribution is 7.90. The van der Waals surface area contributed by atoms with Crippen molar-refractivity contribution in [3.8, 4) is 0 Å². The summed E-state index contributed by atoms with van der Waals surface area (Å²) in [5, 5.41) is 3.28. The second-order valence-corrected chi connectivity index (χ2v) is 8.12. The van der Waals surface area contributed by atoms with Gasteiger partial charge in [0.2, 0.25) is 0 Å². The first-order valence-electron chi connectivity index (χ1n) is 6.26. The van der Waals surface area contributed by atoms with E-state index >= 15 is 0 Å². The van der Waals surface area contributed by atoms with Crippen molar-refractivity contribution in [1.82, 2.24) is 5.32 Å². The van der Waals surface area contributed by atoms with Gasteiger partial charge in [0.15, 0.2) is 9.84 Å². The Hall–Kier alpha value is -0.720. The lowest BCUT2D eigenvalue weighted by Gasteiger charge is -2.12. The lowest BCUT2D eigenvalue weighted by atomic mass is 10.3. The molecule has 1 aromatic rings. The molecule has 4 nitrogen and oxygen atoms in total. The molecular formula is C13H21NO3S2. The van der Waals surface area contributed by atoms with Gasteiger partial charge >= 0.3 is 0 Å². The summed E-state index contributed by atoms with van der Waals surface area (Å²) in [6.07, 6.45) is 2.20. The van der Waals surface area contributed by atoms with Gasteiger partial charge in [-0.2, -0.15) is 0 Å². The predicted octanol–water partition coefficient (Wildman–Crippen LogP) is 1.59. The number of rotatable bonds is 7. The lowest BCUT2D eigenvalue weighted by Crippen LogP contribution is -2.31. The first-order chi connectivity index (χ1) is 8.84. The van der Waals surface area contributed by atoms with Crippen molar-refractivity contribution >= 4 is 20.6 Å². The van der Waals surface area contributed by atoms with Gasteiger partial charge in [0.25, 0.3) is 0 Å². The summed E-state index contributed by atoms with van der Waals surface area (Å²) < 4.78 is 34.7. The Kier molecular flexibility index (Phi) is 6.16. The zero-order valence-corrected chi connectivity index (χ0v) is 13.2. The maximum absolute atomic E-state index is 12.1. The second kappa shape index (κ2) is 7.17. The molecule has 2 unspecified atom stereocenters. The van der Waals surface area contributed by atoms with Crippen LogP contribution in [0.5, 0.6) is 0 Å². The van der Waals surface area contributed by atoms with Crippen molar-refractivity contribution in [2.75, 3.05) is 18.6 Å². The molecule has 2 atom stereocenters. The van der Waals surface area contributed by atoms with Crippen LogP contribution in [-0.2, 0) is 20.6 Å². The molecule has 0 aliphatic carbocycles. The molecule has 0 amide bonds. The normalized spacial score (nSPS) is 15.1. The van der Waals surface area contributed by atoms with Crippen LogP contribution in [0.1, 0.15) is 20.3 Å². The Balaban J connectivity index is 2.68. The van der Waals surface area contributed by atoms with Crippen molar-refractivity contribution < 1.29 is 12.6 Å². The highest BCUT2D eigenvalue weighted by Gasteiger charge is 2.11. The summed E-state index contributed by atoms with van der Waals surface area (Å²) in [6.45, 7) is 4.99. The highest BCUT2D eigenvalue weighted by Crippen LogP contribution is 2.13. The Morgan fingerprint density at radius 2 is 1.84 bits per heavy atom. The first kappa shape index (κ1) is 16.3. The van der Waals surface area contributed by atoms with E-state index < -0.39 is 20.6 Å². The molecule has 0 saturated heterocycles. The molecule has 0 heterocycles. The molecule has 0 bridgehead atoms. The Bertz CT molecular complexity index is 523. The summed E-state index contributed by atoms with van der Waals surface area (Å²) >= 11 is 0. The largest absolute Gasteiger partial charge is 0.313 e. The van der Waals surface area contributed by atoms with E-state index in [2.05, 4.69) is 12.2 Å². The van der Waals surface area contributed by atoms with E-state index in [1.807, 2.05) is 6.92 Å². The van der Waals surface area contributed by atoms with E-state index in [-0.39, 0.29) is 10.9 Å². The summed E-state index contributed by atoms with van der Waals surface area (Å²) in [5.41, 5.74) is 0. The highest BCUT2D eigenvalue weighted by atomic mass is 32.2. The van der Waals surface area contributed by atoms with Crippen LogP contribution in [0.25, 0.3) is 0 Å². The molecule has 0 fully saturated rings. The molecular weight excluding hydrogens is 282 g/mol. The fourth-order valence-electron chi connectivity index (χ4n) is 1.61. The molecule has 0 aromatic heterocycles. The molecule has 0 saturated carbocycles. The third-order valence-corrected chi connectivity index (χ3v) is 5.39. The average Bonchev–Trinajstić information content (AvgIpc) is 2.35. The van der Waals surface area contributed by atoms with E-state index in [0.717, 1.165) is 19.2 Å². The number of benzene rings is 1. The molecule has 0 aliphatic heterocycles. The topological polar surface area (TPSA) is 63.2 Å². The Morgan fingerprint density at radius 1 is 1.26 bits per heavy atom. The smallest absolute Gasteiger partial charge is 0.175 e. The molecule has 1 aromatic carbocycles. The van der Waals surface area contributed by atoms with Crippen LogP contribution in [-0.4, -0.2) is 37.2 Å². The number of hydrogen-bond donors (Lipinski definition) is 1. The van der Waals surface area contributed by atoms with Crippen molar-refractivity contribution in [3.05, 3.63) is 24.3 Å². The van der Waals surface area contributed by atoms with Gasteiger partial charge in [-0.1, -0.05) is 6.92 Å². The van der Waals surface area contributed by atoms with Gasteiger partial charge in [0.1, 0.15) is 0 Å². The lowest BCUT2D eigenvalue weighted by molar-refractivity contribution is 0.582. The number of nitrogens with one attached hydrogen (secondary N) is 1. The van der Waals surface area contributed by atoms with Crippen LogP contribution >= 0.6 is 0 Å². The maximum Gasteiger partial charge on any atom is 0.175 e. The summed E-state index contributed by atoms with van der Waals surface area (Å²) in [4.78, 5) is 0.919. The summed E-state index contributed by atoms with van der Waals surface area (Å²) in [6, 6.07) is 6.44. The van der Waals surface area contributed by atoms with Crippen molar-refractivity contribution in [2.45, 2.75) is 36.1 Å². The summed E-state index contributed by atoms with van der Waals surface area (Å²) in [7, 11) is -4.30. The quantitative estimate of drug-likeness (QED) is 0.831. The SMILES string of the molecule is CCCNC(C)CS(=O)c1ccc(S(C)(=O)=O)cc1. The molecule has 0 aliphatic rings. The van der Waals surface area contributed by atoms with Gasteiger partial charge in [-0.3, -0.25) is 4.21 Å². The van der Waals surface area contributed by atoms with Gasteiger partial charge in [-0.05, 0) is 44.2 Å². The zero-order chi connectivity index (χ0) is 14.5. The third-order valence-electron chi connectivity index (χ3n) is 2.66. The first-order valence-corrected chi connectivity index (χ1v) is 9.47. The van der Waals surface area contributed by atoms with Crippen molar-refractivity contribution in [2.24, 2.45) is 0 Å². The van der Waals surface area contributed by atoms with E-state index in [0.29, 0.717) is 10.6 Å². The zero-order valence-electron chi connectivity index (χ0n) is 11.5. The van der Waals surface area contributed by atoms with Crippen LogP contribution in [0.15, 0.2) is 34.1 Å². The van der Waals surface area contributed by atoms with Crippen LogP contribution in [0.4, 0.5) is 0 Å². The Labute approximate surface area is 118 Å². The van der Waals surface area contributed by atoms with E-state index in [1.165, 1.54) is 12.1 Å².